The van der Waals surface area contributed by atoms with Gasteiger partial charge in [0.2, 0.25) is 0 Å². The van der Waals surface area contributed by atoms with Crippen LogP contribution < -0.4 is 4.74 Å². The van der Waals surface area contributed by atoms with Gasteiger partial charge in [-0.1, -0.05) is 23.7 Å². The van der Waals surface area contributed by atoms with Crippen LogP contribution in [0.3, 0.4) is 0 Å². The van der Waals surface area contributed by atoms with Gasteiger partial charge >= 0.3 is 0 Å². The fourth-order valence-electron chi connectivity index (χ4n) is 1.65. The predicted octanol–water partition coefficient (Wildman–Crippen LogP) is 3.48. The summed E-state index contributed by atoms with van der Waals surface area (Å²) in [7, 11) is 0. The zero-order chi connectivity index (χ0) is 13.7. The first-order valence-corrected chi connectivity index (χ1v) is 6.22. The molecule has 0 amide bonds. The predicted molar refractivity (Wildman–Crippen MR) is 74.1 cm³/mol. The van der Waals surface area contributed by atoms with Crippen molar-refractivity contribution in [2.75, 3.05) is 6.61 Å². The van der Waals surface area contributed by atoms with Crippen molar-refractivity contribution in [3.63, 3.8) is 0 Å². The first kappa shape index (κ1) is 13.4. The van der Waals surface area contributed by atoms with Crippen LogP contribution in [0.15, 0.2) is 42.5 Å². The molecule has 0 fully saturated rings. The van der Waals surface area contributed by atoms with Crippen LogP contribution in [0.25, 0.3) is 0 Å². The summed E-state index contributed by atoms with van der Waals surface area (Å²) in [5, 5.41) is 10.2. The van der Waals surface area contributed by atoms with Crippen LogP contribution in [0.1, 0.15) is 15.9 Å². The van der Waals surface area contributed by atoms with Crippen LogP contribution >= 0.6 is 11.6 Å². The second kappa shape index (κ2) is 6.25. The topological polar surface area (TPSA) is 46.5 Å². The molecule has 4 heteroatoms. The molecule has 2 rings (SSSR count). The number of hydrogen-bond donors (Lipinski definition) is 1. The molecule has 0 spiro atoms. The second-order valence-electron chi connectivity index (χ2n) is 4.06. The smallest absolute Gasteiger partial charge is 0.153 e. The van der Waals surface area contributed by atoms with Gasteiger partial charge in [0.25, 0.3) is 0 Å². The lowest BCUT2D eigenvalue weighted by atomic mass is 10.2. The van der Waals surface area contributed by atoms with Crippen LogP contribution in [0.5, 0.6) is 11.5 Å². The Hall–Kier alpha value is -2.00. The summed E-state index contributed by atoms with van der Waals surface area (Å²) >= 11 is 5.80. The molecule has 0 saturated carbocycles. The third-order valence-corrected chi connectivity index (χ3v) is 2.95. The number of hydrogen-bond acceptors (Lipinski definition) is 3. The van der Waals surface area contributed by atoms with Crippen molar-refractivity contribution in [1.82, 2.24) is 0 Å². The molecule has 0 heterocycles. The van der Waals surface area contributed by atoms with Crippen LogP contribution in [-0.2, 0) is 6.42 Å². The lowest BCUT2D eigenvalue weighted by Crippen LogP contribution is -2.01. The summed E-state index contributed by atoms with van der Waals surface area (Å²) in [5.41, 5.74) is 1.38. The molecular weight excluding hydrogens is 264 g/mol. The minimum Gasteiger partial charge on any atom is -0.507 e. The van der Waals surface area contributed by atoms with E-state index >= 15 is 0 Å². The van der Waals surface area contributed by atoms with E-state index in [1.165, 1.54) is 12.1 Å². The number of phenolic OH excluding ortho intramolecular Hbond substituents is 1. The normalized spacial score (nSPS) is 10.2. The standard InChI is InChI=1S/C15H13ClO3/c16-13-4-1-11(2-5-13)7-8-19-14-6-3-12(10-17)15(18)9-14/h1-6,9-10,18H,7-8H2. The second-order valence-corrected chi connectivity index (χ2v) is 4.50. The van der Waals surface area contributed by atoms with Crippen molar-refractivity contribution >= 4 is 17.9 Å². The van der Waals surface area contributed by atoms with E-state index in [4.69, 9.17) is 16.3 Å². The van der Waals surface area contributed by atoms with Gasteiger partial charge in [0.15, 0.2) is 6.29 Å². The Bertz CT molecular complexity index is 564. The molecule has 2 aromatic rings. The average Bonchev–Trinajstić information content (AvgIpc) is 2.41. The molecule has 1 N–H and O–H groups in total. The third kappa shape index (κ3) is 3.73. The average molecular weight is 277 g/mol. The molecule has 19 heavy (non-hydrogen) atoms. The Morgan fingerprint density at radius 1 is 1.16 bits per heavy atom. The fraction of sp³-hybridized carbons (Fsp3) is 0.133. The lowest BCUT2D eigenvalue weighted by molar-refractivity contribution is 0.112. The van der Waals surface area contributed by atoms with Gasteiger partial charge in [-0.2, -0.15) is 0 Å². The number of carbonyl (C=O) groups excluding carboxylic acids is 1. The van der Waals surface area contributed by atoms with Crippen molar-refractivity contribution in [3.8, 4) is 11.5 Å². The Morgan fingerprint density at radius 2 is 1.89 bits per heavy atom. The number of phenols is 1. The number of aromatic hydroxyl groups is 1. The van der Waals surface area contributed by atoms with Crippen molar-refractivity contribution in [2.24, 2.45) is 0 Å². The maximum atomic E-state index is 10.6. The summed E-state index contributed by atoms with van der Waals surface area (Å²) in [5.74, 6) is 0.469. The van der Waals surface area contributed by atoms with E-state index < -0.39 is 0 Å². The minimum atomic E-state index is -0.0704. The molecule has 0 bridgehead atoms. The Balaban J connectivity index is 1.90. The SMILES string of the molecule is O=Cc1ccc(OCCc2ccc(Cl)cc2)cc1O. The lowest BCUT2D eigenvalue weighted by Gasteiger charge is -2.07. The van der Waals surface area contributed by atoms with E-state index in [2.05, 4.69) is 0 Å². The van der Waals surface area contributed by atoms with Gasteiger partial charge in [0.05, 0.1) is 12.2 Å². The van der Waals surface area contributed by atoms with Gasteiger partial charge < -0.3 is 9.84 Å². The van der Waals surface area contributed by atoms with Gasteiger partial charge in [-0.15, -0.1) is 0 Å². The van der Waals surface area contributed by atoms with E-state index in [9.17, 15) is 9.90 Å². The molecule has 0 atom stereocenters. The van der Waals surface area contributed by atoms with Gasteiger partial charge in [-0.3, -0.25) is 4.79 Å². The highest BCUT2D eigenvalue weighted by atomic mass is 35.5. The third-order valence-electron chi connectivity index (χ3n) is 2.70. The van der Waals surface area contributed by atoms with E-state index in [-0.39, 0.29) is 11.3 Å². The summed E-state index contributed by atoms with van der Waals surface area (Å²) in [6, 6.07) is 12.2. The molecule has 0 unspecified atom stereocenters. The van der Waals surface area contributed by atoms with Crippen LogP contribution in [-0.4, -0.2) is 18.0 Å². The quantitative estimate of drug-likeness (QED) is 0.851. The van der Waals surface area contributed by atoms with Crippen molar-refractivity contribution in [1.29, 1.82) is 0 Å². The minimum absolute atomic E-state index is 0.0704. The number of rotatable bonds is 5. The van der Waals surface area contributed by atoms with Gasteiger partial charge in [0.1, 0.15) is 11.5 Å². The Kier molecular flexibility index (Phi) is 4.42. The van der Waals surface area contributed by atoms with E-state index in [0.29, 0.717) is 23.7 Å². The maximum absolute atomic E-state index is 10.6. The van der Waals surface area contributed by atoms with Crippen molar-refractivity contribution in [3.05, 3.63) is 58.6 Å². The molecule has 0 aliphatic heterocycles. The molecule has 0 saturated heterocycles. The number of halogens is 1. The molecule has 98 valence electrons. The zero-order valence-corrected chi connectivity index (χ0v) is 10.9. The van der Waals surface area contributed by atoms with Crippen LogP contribution in [0, 0.1) is 0 Å². The molecule has 3 nitrogen and oxygen atoms in total. The summed E-state index contributed by atoms with van der Waals surface area (Å²) in [6.45, 7) is 0.488. The first-order chi connectivity index (χ1) is 9.19. The first-order valence-electron chi connectivity index (χ1n) is 5.84. The van der Waals surface area contributed by atoms with E-state index in [1.54, 1.807) is 6.07 Å². The van der Waals surface area contributed by atoms with Crippen LogP contribution in [0.4, 0.5) is 0 Å². The highest BCUT2D eigenvalue weighted by molar-refractivity contribution is 6.30. The highest BCUT2D eigenvalue weighted by Crippen LogP contribution is 2.22. The van der Waals surface area contributed by atoms with Crippen molar-refractivity contribution in [2.45, 2.75) is 6.42 Å². The van der Waals surface area contributed by atoms with Gasteiger partial charge in [-0.25, -0.2) is 0 Å². The maximum Gasteiger partial charge on any atom is 0.153 e. The zero-order valence-electron chi connectivity index (χ0n) is 10.2. The van der Waals surface area contributed by atoms with Crippen molar-refractivity contribution < 1.29 is 14.6 Å². The molecule has 0 aliphatic carbocycles. The van der Waals surface area contributed by atoms with E-state index in [0.717, 1.165) is 12.0 Å². The molecular formula is C15H13ClO3. The monoisotopic (exact) mass is 276 g/mol. The molecule has 0 aliphatic rings. The Morgan fingerprint density at radius 3 is 2.53 bits per heavy atom. The van der Waals surface area contributed by atoms with Gasteiger partial charge in [0, 0.05) is 17.5 Å². The molecule has 0 aromatic heterocycles. The number of ether oxygens (including phenoxy) is 1. The molecule has 2 aromatic carbocycles. The summed E-state index contributed by atoms with van der Waals surface area (Å²) in [6.07, 6.45) is 1.35. The largest absolute Gasteiger partial charge is 0.507 e. The summed E-state index contributed by atoms with van der Waals surface area (Å²) in [4.78, 5) is 10.6. The van der Waals surface area contributed by atoms with Gasteiger partial charge in [-0.05, 0) is 29.8 Å². The highest BCUT2D eigenvalue weighted by Gasteiger charge is 2.02. The van der Waals surface area contributed by atoms with Crippen LogP contribution in [0.2, 0.25) is 5.02 Å². The number of carbonyl (C=O) groups is 1. The van der Waals surface area contributed by atoms with E-state index in [1.807, 2.05) is 24.3 Å². The number of aldehydes is 1. The molecule has 0 radical (unpaired) electrons. The fourth-order valence-corrected chi connectivity index (χ4v) is 1.78. The Labute approximate surface area is 116 Å². The summed E-state index contributed by atoms with van der Waals surface area (Å²) < 4.78 is 5.51. The number of benzene rings is 2.